The third kappa shape index (κ3) is 3.45. The summed E-state index contributed by atoms with van der Waals surface area (Å²) in [5.74, 6) is -0.519. The lowest BCUT2D eigenvalue weighted by Crippen LogP contribution is -2.49. The van der Waals surface area contributed by atoms with Crippen LogP contribution >= 0.6 is 0 Å². The van der Waals surface area contributed by atoms with Crippen LogP contribution in [0.5, 0.6) is 0 Å². The largest absolute Gasteiger partial charge is 0.464 e. The van der Waals surface area contributed by atoms with Gasteiger partial charge in [0, 0.05) is 37.3 Å². The van der Waals surface area contributed by atoms with Gasteiger partial charge in [-0.05, 0) is 18.2 Å². The second-order valence-corrected chi connectivity index (χ2v) is 5.67. The predicted octanol–water partition coefficient (Wildman–Crippen LogP) is 2.03. The first-order chi connectivity index (χ1) is 11.4. The lowest BCUT2D eigenvalue weighted by molar-refractivity contribution is -0.146. The van der Waals surface area contributed by atoms with Crippen molar-refractivity contribution in [2.45, 2.75) is 6.18 Å². The zero-order valence-electron chi connectivity index (χ0n) is 13.1. The molecule has 0 aliphatic carbocycles. The van der Waals surface area contributed by atoms with Crippen molar-refractivity contribution in [2.75, 3.05) is 44.7 Å². The molecule has 1 saturated heterocycles. The molecule has 24 heavy (non-hydrogen) atoms. The Kier molecular flexibility index (Phi) is 4.35. The number of piperazine rings is 1. The number of benzene rings is 1. The van der Waals surface area contributed by atoms with Gasteiger partial charge in [-0.25, -0.2) is 4.79 Å². The van der Waals surface area contributed by atoms with E-state index in [2.05, 4.69) is 14.9 Å². The van der Waals surface area contributed by atoms with Gasteiger partial charge in [-0.3, -0.25) is 10.00 Å². The molecule has 1 N–H and O–H groups in total. The molecule has 6 nitrogen and oxygen atoms in total. The van der Waals surface area contributed by atoms with Crippen LogP contribution in [0.1, 0.15) is 10.5 Å². The molecule has 0 spiro atoms. The quantitative estimate of drug-likeness (QED) is 0.865. The summed E-state index contributed by atoms with van der Waals surface area (Å²) >= 11 is 0. The minimum Gasteiger partial charge on any atom is -0.464 e. The first-order valence-electron chi connectivity index (χ1n) is 7.48. The Morgan fingerprint density at radius 3 is 2.62 bits per heavy atom. The lowest BCUT2D eigenvalue weighted by Gasteiger charge is -2.36. The lowest BCUT2D eigenvalue weighted by atomic mass is 10.1. The summed E-state index contributed by atoms with van der Waals surface area (Å²) in [4.78, 5) is 15.0. The van der Waals surface area contributed by atoms with E-state index in [1.165, 1.54) is 12.0 Å². The number of fused-ring (bicyclic) bond motifs is 1. The molecule has 1 fully saturated rings. The monoisotopic (exact) mass is 342 g/mol. The normalized spacial score (nSPS) is 16.6. The molecule has 9 heteroatoms. The van der Waals surface area contributed by atoms with Crippen molar-refractivity contribution in [1.82, 2.24) is 15.1 Å². The highest BCUT2D eigenvalue weighted by molar-refractivity contribution is 6.02. The Morgan fingerprint density at radius 2 is 2.00 bits per heavy atom. The molecule has 1 aliphatic rings. The number of carbonyl (C=O) groups excluding carboxylic acids is 1. The average Bonchev–Trinajstić information content (AvgIpc) is 2.96. The molecule has 1 aromatic carbocycles. The number of esters is 1. The maximum Gasteiger partial charge on any atom is 0.401 e. The molecule has 0 amide bonds. The Labute approximate surface area is 136 Å². The molecular weight excluding hydrogens is 325 g/mol. The third-order valence-electron chi connectivity index (χ3n) is 4.07. The first-order valence-corrected chi connectivity index (χ1v) is 7.48. The molecule has 2 aromatic rings. The van der Waals surface area contributed by atoms with E-state index in [4.69, 9.17) is 0 Å². The van der Waals surface area contributed by atoms with Crippen molar-refractivity contribution in [1.29, 1.82) is 0 Å². The number of nitrogens with zero attached hydrogens (tertiary/aromatic N) is 3. The second-order valence-electron chi connectivity index (χ2n) is 5.67. The molecule has 130 valence electrons. The Morgan fingerprint density at radius 1 is 1.29 bits per heavy atom. The van der Waals surface area contributed by atoms with Crippen molar-refractivity contribution in [3.8, 4) is 0 Å². The Balaban J connectivity index is 1.71. The fraction of sp³-hybridized carbons (Fsp3) is 0.467. The van der Waals surface area contributed by atoms with Gasteiger partial charge in [-0.1, -0.05) is 0 Å². The van der Waals surface area contributed by atoms with Crippen LogP contribution in [-0.2, 0) is 4.74 Å². The molecule has 1 aliphatic heterocycles. The summed E-state index contributed by atoms with van der Waals surface area (Å²) in [5, 5.41) is 7.39. The van der Waals surface area contributed by atoms with Crippen molar-refractivity contribution in [3.05, 3.63) is 23.9 Å². The summed E-state index contributed by atoms with van der Waals surface area (Å²) in [6.45, 7) is 0.865. The van der Waals surface area contributed by atoms with Crippen LogP contribution in [0, 0.1) is 0 Å². The standard InChI is InChI=1S/C15H17F3N4O2/c1-24-14(23)13-11-3-2-10(8-12(11)19-20-13)22-6-4-21(5-7-22)9-15(16,17)18/h2-3,8H,4-7,9H2,1H3,(H,19,20). The minimum absolute atomic E-state index is 0.217. The number of halogens is 3. The van der Waals surface area contributed by atoms with E-state index in [9.17, 15) is 18.0 Å². The highest BCUT2D eigenvalue weighted by Gasteiger charge is 2.32. The van der Waals surface area contributed by atoms with E-state index in [1.54, 1.807) is 6.07 Å². The van der Waals surface area contributed by atoms with Gasteiger partial charge >= 0.3 is 12.1 Å². The zero-order chi connectivity index (χ0) is 17.3. The zero-order valence-corrected chi connectivity index (χ0v) is 13.1. The summed E-state index contributed by atoms with van der Waals surface area (Å²) in [6, 6.07) is 5.44. The first kappa shape index (κ1) is 16.6. The third-order valence-corrected chi connectivity index (χ3v) is 4.07. The van der Waals surface area contributed by atoms with Gasteiger partial charge in [0.1, 0.15) is 0 Å². The number of H-pyrrole nitrogens is 1. The van der Waals surface area contributed by atoms with Crippen LogP contribution < -0.4 is 4.90 Å². The number of alkyl halides is 3. The number of carbonyl (C=O) groups is 1. The topological polar surface area (TPSA) is 61.5 Å². The van der Waals surface area contributed by atoms with Crippen LogP contribution in [-0.4, -0.2) is 67.1 Å². The summed E-state index contributed by atoms with van der Waals surface area (Å²) < 4.78 is 42.0. The summed E-state index contributed by atoms with van der Waals surface area (Å²) in [5.41, 5.74) is 1.79. The van der Waals surface area contributed by atoms with Gasteiger partial charge in [-0.15, -0.1) is 0 Å². The molecule has 0 saturated carbocycles. The van der Waals surface area contributed by atoms with Gasteiger partial charge in [0.25, 0.3) is 0 Å². The van der Waals surface area contributed by atoms with E-state index >= 15 is 0 Å². The number of methoxy groups -OCH3 is 1. The van der Waals surface area contributed by atoms with Gasteiger partial charge < -0.3 is 9.64 Å². The smallest absolute Gasteiger partial charge is 0.401 e. The van der Waals surface area contributed by atoms with Crippen LogP contribution in [0.25, 0.3) is 10.9 Å². The predicted molar refractivity (Wildman–Crippen MR) is 82.1 cm³/mol. The molecule has 1 aromatic heterocycles. The summed E-state index contributed by atoms with van der Waals surface area (Å²) in [7, 11) is 1.29. The van der Waals surface area contributed by atoms with Gasteiger partial charge in [0.2, 0.25) is 0 Å². The van der Waals surface area contributed by atoms with E-state index < -0.39 is 18.7 Å². The summed E-state index contributed by atoms with van der Waals surface area (Å²) in [6.07, 6.45) is -4.17. The number of anilines is 1. The number of ether oxygens (including phenoxy) is 1. The average molecular weight is 342 g/mol. The number of hydrogen-bond acceptors (Lipinski definition) is 5. The van der Waals surface area contributed by atoms with E-state index in [1.807, 2.05) is 17.0 Å². The molecule has 2 heterocycles. The highest BCUT2D eigenvalue weighted by atomic mass is 19.4. The van der Waals surface area contributed by atoms with Crippen LogP contribution in [0.2, 0.25) is 0 Å². The van der Waals surface area contributed by atoms with Gasteiger partial charge in [0.05, 0.1) is 19.2 Å². The van der Waals surface area contributed by atoms with Gasteiger partial charge in [0.15, 0.2) is 5.69 Å². The molecular formula is C15H17F3N4O2. The number of aromatic nitrogens is 2. The van der Waals surface area contributed by atoms with Crippen LogP contribution in [0.4, 0.5) is 18.9 Å². The minimum atomic E-state index is -4.17. The number of nitrogens with one attached hydrogen (secondary N) is 1. The molecule has 0 bridgehead atoms. The maximum absolute atomic E-state index is 12.4. The van der Waals surface area contributed by atoms with Crippen molar-refractivity contribution < 1.29 is 22.7 Å². The molecule has 3 rings (SSSR count). The maximum atomic E-state index is 12.4. The Bertz CT molecular complexity index is 736. The van der Waals surface area contributed by atoms with E-state index in [0.717, 1.165) is 5.69 Å². The van der Waals surface area contributed by atoms with Crippen molar-refractivity contribution in [2.24, 2.45) is 0 Å². The van der Waals surface area contributed by atoms with Crippen LogP contribution in [0.3, 0.4) is 0 Å². The molecule has 0 unspecified atom stereocenters. The van der Waals surface area contributed by atoms with E-state index in [0.29, 0.717) is 37.1 Å². The molecule has 0 radical (unpaired) electrons. The number of rotatable bonds is 3. The fourth-order valence-electron chi connectivity index (χ4n) is 2.87. The van der Waals surface area contributed by atoms with E-state index in [-0.39, 0.29) is 5.69 Å². The van der Waals surface area contributed by atoms with Gasteiger partial charge in [-0.2, -0.15) is 18.3 Å². The van der Waals surface area contributed by atoms with Crippen molar-refractivity contribution >= 4 is 22.6 Å². The highest BCUT2D eigenvalue weighted by Crippen LogP contribution is 2.25. The van der Waals surface area contributed by atoms with Crippen molar-refractivity contribution in [3.63, 3.8) is 0 Å². The fourth-order valence-corrected chi connectivity index (χ4v) is 2.87. The SMILES string of the molecule is COC(=O)c1n[nH]c2cc(N3CCN(CC(F)(F)F)CC3)ccc12. The second kappa shape index (κ2) is 6.31. The number of aromatic amines is 1. The molecule has 0 atom stereocenters. The number of hydrogen-bond donors (Lipinski definition) is 1. The van der Waals surface area contributed by atoms with Crippen LogP contribution in [0.15, 0.2) is 18.2 Å². The Hall–Kier alpha value is -2.29.